The van der Waals surface area contributed by atoms with Gasteiger partial charge in [0.25, 0.3) is 0 Å². The Balaban J connectivity index is 1.44. The topological polar surface area (TPSA) is 59.8 Å². The highest BCUT2D eigenvalue weighted by Crippen LogP contribution is 2.41. The van der Waals surface area contributed by atoms with E-state index in [1.54, 1.807) is 18.2 Å². The Morgan fingerprint density at radius 3 is 2.75 bits per heavy atom. The minimum Gasteiger partial charge on any atom is -0.352 e. The lowest BCUT2D eigenvalue weighted by molar-refractivity contribution is -0.120. The molecule has 2 aliphatic rings. The number of rotatable bonds is 6. The number of carbonyl (C=O) groups is 1. The van der Waals surface area contributed by atoms with E-state index in [0.717, 1.165) is 19.3 Å². The zero-order valence-electron chi connectivity index (χ0n) is 16.4. The van der Waals surface area contributed by atoms with E-state index in [2.05, 4.69) is 29.4 Å². The molecule has 2 aliphatic carbocycles. The van der Waals surface area contributed by atoms with E-state index in [1.165, 1.54) is 30.7 Å². The molecule has 1 amide bonds. The van der Waals surface area contributed by atoms with Crippen molar-refractivity contribution in [3.63, 3.8) is 0 Å². The van der Waals surface area contributed by atoms with Crippen LogP contribution in [0.3, 0.4) is 0 Å². The van der Waals surface area contributed by atoms with E-state index >= 15 is 0 Å². The van der Waals surface area contributed by atoms with Gasteiger partial charge >= 0.3 is 0 Å². The Bertz CT molecular complexity index is 851. The fraction of sp³-hybridized carbons (Fsp3) is 0.571. The van der Waals surface area contributed by atoms with Crippen LogP contribution in [0.5, 0.6) is 0 Å². The average Bonchev–Trinajstić information content (AvgIpc) is 3.44. The first-order valence-corrected chi connectivity index (χ1v) is 11.1. The molecule has 0 spiro atoms. The standard InChI is InChI=1S/C21H27FN4OS/c1-13-6-5-9-18(14(13)2)23-19(27)12-28-21-25-24-20(26(21)15-10-11-15)16-7-3-4-8-17(16)22/h3-4,7-8,13-15,18H,5-6,9-12H2,1-2H3,(H,23,27)/t13-,14+,18-/m1/s1. The number of nitrogens with zero attached hydrogens (tertiary/aromatic N) is 3. The van der Waals surface area contributed by atoms with Crippen LogP contribution in [0.15, 0.2) is 29.4 Å². The predicted molar refractivity (Wildman–Crippen MR) is 109 cm³/mol. The van der Waals surface area contributed by atoms with E-state index in [4.69, 9.17) is 0 Å². The highest BCUT2D eigenvalue weighted by molar-refractivity contribution is 7.99. The lowest BCUT2D eigenvalue weighted by Crippen LogP contribution is -2.44. The van der Waals surface area contributed by atoms with E-state index in [0.29, 0.717) is 40.2 Å². The molecule has 2 fully saturated rings. The van der Waals surface area contributed by atoms with Crippen LogP contribution in [-0.2, 0) is 4.79 Å². The minimum atomic E-state index is -0.300. The predicted octanol–water partition coefficient (Wildman–Crippen LogP) is 4.45. The second-order valence-electron chi connectivity index (χ2n) is 8.12. The quantitative estimate of drug-likeness (QED) is 0.725. The normalized spacial score (nSPS) is 24.9. The lowest BCUT2D eigenvalue weighted by atomic mass is 9.78. The van der Waals surface area contributed by atoms with E-state index in [9.17, 15) is 9.18 Å². The molecule has 1 aromatic carbocycles. The third-order valence-corrected chi connectivity index (χ3v) is 7.02. The maximum atomic E-state index is 14.2. The molecule has 1 aromatic heterocycles. The van der Waals surface area contributed by atoms with Gasteiger partial charge in [-0.25, -0.2) is 4.39 Å². The summed E-state index contributed by atoms with van der Waals surface area (Å²) in [7, 11) is 0. The van der Waals surface area contributed by atoms with Crippen molar-refractivity contribution in [3.8, 4) is 11.4 Å². The van der Waals surface area contributed by atoms with Gasteiger partial charge in [-0.2, -0.15) is 0 Å². The first-order chi connectivity index (χ1) is 13.5. The van der Waals surface area contributed by atoms with Gasteiger partial charge in [-0.15, -0.1) is 10.2 Å². The molecule has 0 bridgehead atoms. The second-order valence-corrected chi connectivity index (χ2v) is 9.06. The van der Waals surface area contributed by atoms with Crippen molar-refractivity contribution in [3.05, 3.63) is 30.1 Å². The molecule has 150 valence electrons. The summed E-state index contributed by atoms with van der Waals surface area (Å²) in [5.74, 6) is 1.75. The summed E-state index contributed by atoms with van der Waals surface area (Å²) < 4.78 is 16.2. The number of hydrogen-bond acceptors (Lipinski definition) is 4. The summed E-state index contributed by atoms with van der Waals surface area (Å²) in [5.41, 5.74) is 0.461. The number of carbonyl (C=O) groups excluding carboxylic acids is 1. The van der Waals surface area contributed by atoms with Gasteiger partial charge in [0.05, 0.1) is 11.3 Å². The highest BCUT2D eigenvalue weighted by Gasteiger charge is 2.32. The largest absolute Gasteiger partial charge is 0.352 e. The molecule has 2 aromatic rings. The summed E-state index contributed by atoms with van der Waals surface area (Å²) in [6, 6.07) is 7.20. The number of hydrogen-bond donors (Lipinski definition) is 1. The fourth-order valence-electron chi connectivity index (χ4n) is 4.03. The Morgan fingerprint density at radius 1 is 1.21 bits per heavy atom. The monoisotopic (exact) mass is 402 g/mol. The summed E-state index contributed by atoms with van der Waals surface area (Å²) >= 11 is 1.39. The van der Waals surface area contributed by atoms with Crippen molar-refractivity contribution >= 4 is 17.7 Å². The van der Waals surface area contributed by atoms with E-state index in [-0.39, 0.29) is 17.8 Å². The van der Waals surface area contributed by atoms with Gasteiger partial charge in [-0.1, -0.05) is 50.6 Å². The van der Waals surface area contributed by atoms with Crippen LogP contribution in [0.25, 0.3) is 11.4 Å². The van der Waals surface area contributed by atoms with Crippen LogP contribution in [0.4, 0.5) is 4.39 Å². The third-order valence-electron chi connectivity index (χ3n) is 6.08. The van der Waals surface area contributed by atoms with Crippen molar-refractivity contribution < 1.29 is 9.18 Å². The van der Waals surface area contributed by atoms with Crippen LogP contribution >= 0.6 is 11.8 Å². The molecule has 0 aliphatic heterocycles. The molecule has 5 nitrogen and oxygen atoms in total. The summed E-state index contributed by atoms with van der Waals surface area (Å²) in [4.78, 5) is 12.5. The molecule has 1 N–H and O–H groups in total. The summed E-state index contributed by atoms with van der Waals surface area (Å²) in [6.07, 6.45) is 5.54. The van der Waals surface area contributed by atoms with E-state index in [1.807, 2.05) is 4.57 Å². The smallest absolute Gasteiger partial charge is 0.230 e. The molecular weight excluding hydrogens is 375 g/mol. The molecule has 1 heterocycles. The molecule has 7 heteroatoms. The summed E-state index contributed by atoms with van der Waals surface area (Å²) in [6.45, 7) is 4.49. The van der Waals surface area contributed by atoms with Gasteiger partial charge in [0, 0.05) is 12.1 Å². The number of thioether (sulfide) groups is 1. The van der Waals surface area contributed by atoms with Crippen LogP contribution in [0.1, 0.15) is 52.0 Å². The zero-order chi connectivity index (χ0) is 19.7. The van der Waals surface area contributed by atoms with Crippen molar-refractivity contribution in [2.24, 2.45) is 11.8 Å². The zero-order valence-corrected chi connectivity index (χ0v) is 17.2. The maximum Gasteiger partial charge on any atom is 0.230 e. The van der Waals surface area contributed by atoms with Gasteiger partial charge in [0.1, 0.15) is 5.82 Å². The number of amides is 1. The van der Waals surface area contributed by atoms with Crippen molar-refractivity contribution in [2.75, 3.05) is 5.75 Å². The first kappa shape index (κ1) is 19.4. The first-order valence-electron chi connectivity index (χ1n) is 10.2. The van der Waals surface area contributed by atoms with Crippen LogP contribution in [0.2, 0.25) is 0 Å². The Labute approximate surface area is 169 Å². The molecular formula is C21H27FN4OS. The Kier molecular flexibility index (Phi) is 5.71. The molecule has 0 saturated heterocycles. The minimum absolute atomic E-state index is 0.0359. The maximum absolute atomic E-state index is 14.2. The molecule has 3 atom stereocenters. The Hall–Kier alpha value is -1.89. The summed E-state index contributed by atoms with van der Waals surface area (Å²) in [5, 5.41) is 12.4. The Morgan fingerprint density at radius 2 is 2.00 bits per heavy atom. The molecule has 2 saturated carbocycles. The number of halogens is 1. The van der Waals surface area contributed by atoms with Crippen LogP contribution in [-0.4, -0.2) is 32.5 Å². The van der Waals surface area contributed by atoms with Gasteiger partial charge < -0.3 is 5.32 Å². The second kappa shape index (κ2) is 8.23. The van der Waals surface area contributed by atoms with Crippen molar-refractivity contribution in [1.29, 1.82) is 0 Å². The highest BCUT2D eigenvalue weighted by atomic mass is 32.2. The van der Waals surface area contributed by atoms with Gasteiger partial charge in [-0.3, -0.25) is 9.36 Å². The fourth-order valence-corrected chi connectivity index (χ4v) is 4.84. The average molecular weight is 403 g/mol. The number of benzene rings is 1. The third kappa shape index (κ3) is 4.09. The van der Waals surface area contributed by atoms with Gasteiger partial charge in [-0.05, 0) is 43.2 Å². The molecule has 0 radical (unpaired) electrons. The van der Waals surface area contributed by atoms with Crippen molar-refractivity contribution in [2.45, 2.75) is 63.2 Å². The van der Waals surface area contributed by atoms with Crippen LogP contribution in [0, 0.1) is 17.7 Å². The van der Waals surface area contributed by atoms with Gasteiger partial charge in [0.15, 0.2) is 11.0 Å². The van der Waals surface area contributed by atoms with Gasteiger partial charge in [0.2, 0.25) is 5.91 Å². The molecule has 28 heavy (non-hydrogen) atoms. The number of nitrogens with one attached hydrogen (secondary N) is 1. The lowest BCUT2D eigenvalue weighted by Gasteiger charge is -2.34. The molecule has 0 unspecified atom stereocenters. The SMILES string of the molecule is C[C@H]1[C@H](C)CCC[C@H]1NC(=O)CSc1nnc(-c2ccccc2F)n1C1CC1. The van der Waals surface area contributed by atoms with Crippen molar-refractivity contribution in [1.82, 2.24) is 20.1 Å². The molecule has 4 rings (SSSR count). The van der Waals surface area contributed by atoms with Crippen LogP contribution < -0.4 is 5.32 Å². The van der Waals surface area contributed by atoms with E-state index < -0.39 is 0 Å². The number of aromatic nitrogens is 3.